The zero-order valence-corrected chi connectivity index (χ0v) is 17.9. The van der Waals surface area contributed by atoms with E-state index in [0.29, 0.717) is 5.92 Å². The maximum Gasteiger partial charge on any atom is 0.131 e. The molecule has 1 fully saturated rings. The van der Waals surface area contributed by atoms with Crippen LogP contribution in [0.15, 0.2) is 42.7 Å². The van der Waals surface area contributed by atoms with Crippen molar-refractivity contribution in [1.29, 1.82) is 0 Å². The lowest BCUT2D eigenvalue weighted by molar-refractivity contribution is 0.200. The van der Waals surface area contributed by atoms with Crippen LogP contribution in [0.3, 0.4) is 0 Å². The zero-order chi connectivity index (χ0) is 19.2. The van der Waals surface area contributed by atoms with Crippen LogP contribution in [-0.4, -0.2) is 9.97 Å². The van der Waals surface area contributed by atoms with Gasteiger partial charge in [-0.2, -0.15) is 12.6 Å². The van der Waals surface area contributed by atoms with Gasteiger partial charge in [0, 0.05) is 23.6 Å². The van der Waals surface area contributed by atoms with E-state index in [0.717, 1.165) is 35.6 Å². The summed E-state index contributed by atoms with van der Waals surface area (Å²) in [5, 5.41) is 0.188. The fourth-order valence-corrected chi connectivity index (χ4v) is 4.88. The van der Waals surface area contributed by atoms with Crippen LogP contribution < -0.4 is 0 Å². The fraction of sp³-hybridized carbons (Fsp3) is 0.583. The SMILES string of the molecule is CC(CC1CCCC(C(C)C)C1)c1ncc(CC(S)c2ccccc2)cn1. The third-order valence-electron chi connectivity index (χ3n) is 6.23. The Balaban J connectivity index is 1.55. The number of thiol groups is 1. The first kappa shape index (κ1) is 20.4. The second-order valence-corrected chi connectivity index (χ2v) is 9.38. The Hall–Kier alpha value is -1.35. The molecule has 0 aliphatic heterocycles. The number of hydrogen-bond acceptors (Lipinski definition) is 3. The molecule has 1 saturated carbocycles. The van der Waals surface area contributed by atoms with Crippen LogP contribution in [0.1, 0.15) is 81.0 Å². The summed E-state index contributed by atoms with van der Waals surface area (Å²) in [5.41, 5.74) is 2.41. The molecule has 0 N–H and O–H groups in total. The Morgan fingerprint density at radius 3 is 2.41 bits per heavy atom. The number of aromatic nitrogens is 2. The van der Waals surface area contributed by atoms with Crippen molar-refractivity contribution in [2.45, 2.75) is 70.5 Å². The summed E-state index contributed by atoms with van der Waals surface area (Å²) in [6, 6.07) is 10.4. The quantitative estimate of drug-likeness (QED) is 0.543. The third-order valence-corrected chi connectivity index (χ3v) is 6.71. The summed E-state index contributed by atoms with van der Waals surface area (Å²) in [4.78, 5) is 9.40. The van der Waals surface area contributed by atoms with Crippen LogP contribution in [0.4, 0.5) is 0 Å². The predicted octanol–water partition coefficient (Wildman–Crippen LogP) is 6.65. The first-order chi connectivity index (χ1) is 13.0. The Morgan fingerprint density at radius 1 is 1.04 bits per heavy atom. The highest BCUT2D eigenvalue weighted by molar-refractivity contribution is 7.80. The van der Waals surface area contributed by atoms with Gasteiger partial charge in [0.25, 0.3) is 0 Å². The fourth-order valence-electron chi connectivity index (χ4n) is 4.50. The highest BCUT2D eigenvalue weighted by Crippen LogP contribution is 2.38. The highest BCUT2D eigenvalue weighted by Gasteiger charge is 2.26. The van der Waals surface area contributed by atoms with Gasteiger partial charge in [0.15, 0.2) is 0 Å². The second kappa shape index (κ2) is 9.73. The maximum atomic E-state index is 4.75. The Morgan fingerprint density at radius 2 is 1.74 bits per heavy atom. The molecule has 1 heterocycles. The van der Waals surface area contributed by atoms with Crippen molar-refractivity contribution in [2.75, 3.05) is 0 Å². The van der Waals surface area contributed by atoms with Gasteiger partial charge in [-0.25, -0.2) is 9.97 Å². The van der Waals surface area contributed by atoms with Crippen molar-refractivity contribution < 1.29 is 0 Å². The summed E-state index contributed by atoms with van der Waals surface area (Å²) in [5.74, 6) is 4.00. The van der Waals surface area contributed by atoms with Crippen molar-refractivity contribution in [3.8, 4) is 0 Å². The average Bonchev–Trinajstić information content (AvgIpc) is 2.69. The van der Waals surface area contributed by atoms with Gasteiger partial charge >= 0.3 is 0 Å². The van der Waals surface area contributed by atoms with E-state index >= 15 is 0 Å². The molecule has 0 bridgehead atoms. The molecule has 0 spiro atoms. The summed E-state index contributed by atoms with van der Waals surface area (Å²) in [6.07, 6.45) is 11.7. The van der Waals surface area contributed by atoms with E-state index in [1.807, 2.05) is 18.5 Å². The van der Waals surface area contributed by atoms with E-state index in [1.165, 1.54) is 37.7 Å². The van der Waals surface area contributed by atoms with Crippen LogP contribution in [-0.2, 0) is 6.42 Å². The number of rotatable bonds is 7. The van der Waals surface area contributed by atoms with Crippen molar-refractivity contribution in [3.05, 3.63) is 59.7 Å². The Bertz CT molecular complexity index is 683. The van der Waals surface area contributed by atoms with Gasteiger partial charge in [0.2, 0.25) is 0 Å². The largest absolute Gasteiger partial charge is 0.241 e. The van der Waals surface area contributed by atoms with Gasteiger partial charge < -0.3 is 0 Å². The molecule has 2 nitrogen and oxygen atoms in total. The topological polar surface area (TPSA) is 25.8 Å². The lowest BCUT2D eigenvalue weighted by Crippen LogP contribution is -2.21. The van der Waals surface area contributed by atoms with Crippen LogP contribution in [0, 0.1) is 17.8 Å². The van der Waals surface area contributed by atoms with E-state index < -0.39 is 0 Å². The van der Waals surface area contributed by atoms with Crippen LogP contribution in [0.2, 0.25) is 0 Å². The maximum absolute atomic E-state index is 4.75. The minimum absolute atomic E-state index is 0.188. The first-order valence-corrected chi connectivity index (χ1v) is 11.1. The molecule has 1 aromatic heterocycles. The van der Waals surface area contributed by atoms with E-state index in [-0.39, 0.29) is 5.25 Å². The minimum atomic E-state index is 0.188. The third kappa shape index (κ3) is 5.81. The predicted molar refractivity (Wildman–Crippen MR) is 117 cm³/mol. The van der Waals surface area contributed by atoms with Gasteiger partial charge in [-0.15, -0.1) is 0 Å². The van der Waals surface area contributed by atoms with Gasteiger partial charge in [-0.05, 0) is 48.1 Å². The molecule has 0 radical (unpaired) electrons. The second-order valence-electron chi connectivity index (χ2n) is 8.75. The van der Waals surface area contributed by atoms with E-state index in [1.54, 1.807) is 0 Å². The number of nitrogens with zero attached hydrogens (tertiary/aromatic N) is 2. The molecule has 1 aliphatic carbocycles. The van der Waals surface area contributed by atoms with E-state index in [2.05, 4.69) is 45.0 Å². The molecule has 4 atom stereocenters. The summed E-state index contributed by atoms with van der Waals surface area (Å²) < 4.78 is 0. The van der Waals surface area contributed by atoms with E-state index in [9.17, 15) is 0 Å². The molecule has 3 rings (SSSR count). The molecule has 1 aromatic carbocycles. The first-order valence-electron chi connectivity index (χ1n) is 10.6. The van der Waals surface area contributed by atoms with Gasteiger partial charge in [0.05, 0.1) is 0 Å². The molecular weight excluding hydrogens is 348 g/mol. The van der Waals surface area contributed by atoms with Crippen LogP contribution in [0.25, 0.3) is 0 Å². The van der Waals surface area contributed by atoms with Crippen LogP contribution in [0.5, 0.6) is 0 Å². The van der Waals surface area contributed by atoms with Gasteiger partial charge in [-0.1, -0.05) is 70.4 Å². The highest BCUT2D eigenvalue weighted by atomic mass is 32.1. The molecule has 4 unspecified atom stereocenters. The molecular formula is C24H34N2S. The Labute approximate surface area is 170 Å². The molecule has 1 aliphatic rings. The molecule has 0 amide bonds. The lowest BCUT2D eigenvalue weighted by Gasteiger charge is -2.32. The number of benzene rings is 1. The summed E-state index contributed by atoms with van der Waals surface area (Å²) >= 11 is 4.75. The van der Waals surface area contributed by atoms with Crippen molar-refractivity contribution >= 4 is 12.6 Å². The monoisotopic (exact) mass is 382 g/mol. The molecule has 27 heavy (non-hydrogen) atoms. The summed E-state index contributed by atoms with van der Waals surface area (Å²) in [6.45, 7) is 7.05. The average molecular weight is 383 g/mol. The summed E-state index contributed by atoms with van der Waals surface area (Å²) in [7, 11) is 0. The number of hydrogen-bond donors (Lipinski definition) is 1. The van der Waals surface area contributed by atoms with Crippen molar-refractivity contribution in [1.82, 2.24) is 9.97 Å². The van der Waals surface area contributed by atoms with Crippen molar-refractivity contribution in [2.24, 2.45) is 17.8 Å². The standard InChI is InChI=1S/C24H34N2S/c1-17(2)22-11-7-8-19(13-22)12-18(3)24-25-15-20(16-26-24)14-23(27)21-9-5-4-6-10-21/h4-6,9-10,15-19,22-23,27H,7-8,11-14H2,1-3H3. The smallest absolute Gasteiger partial charge is 0.131 e. The molecule has 2 aromatic rings. The molecule has 0 saturated heterocycles. The zero-order valence-electron chi connectivity index (χ0n) is 17.0. The van der Waals surface area contributed by atoms with Gasteiger partial charge in [0.1, 0.15) is 5.82 Å². The Kier molecular flexibility index (Phi) is 7.34. The molecule has 3 heteroatoms. The van der Waals surface area contributed by atoms with Crippen LogP contribution >= 0.6 is 12.6 Å². The van der Waals surface area contributed by atoms with Crippen molar-refractivity contribution in [3.63, 3.8) is 0 Å². The molecule has 146 valence electrons. The van der Waals surface area contributed by atoms with E-state index in [4.69, 9.17) is 22.6 Å². The normalized spacial score (nSPS) is 22.6. The minimum Gasteiger partial charge on any atom is -0.241 e. The van der Waals surface area contributed by atoms with Gasteiger partial charge in [-0.3, -0.25) is 0 Å². The lowest BCUT2D eigenvalue weighted by atomic mass is 9.73.